The molecule has 3 aromatic rings. The molecule has 0 bridgehead atoms. The van der Waals surface area contributed by atoms with Crippen molar-refractivity contribution in [1.82, 2.24) is 10.6 Å². The highest BCUT2D eigenvalue weighted by molar-refractivity contribution is 7.81. The molecule has 4 rings (SSSR count). The van der Waals surface area contributed by atoms with Gasteiger partial charge in [0.25, 0.3) is 0 Å². The molecule has 36 heavy (non-hydrogen) atoms. The average Bonchev–Trinajstić information content (AvgIpc) is 3.15. The highest BCUT2D eigenvalue weighted by atomic mass is 32.1. The van der Waals surface area contributed by atoms with Gasteiger partial charge in [-0.1, -0.05) is 56.3 Å². The van der Waals surface area contributed by atoms with E-state index in [1.165, 1.54) is 46.9 Å². The Morgan fingerprint density at radius 3 is 2.28 bits per heavy atom. The quantitative estimate of drug-likeness (QED) is 0.271. The lowest BCUT2D eigenvalue weighted by molar-refractivity contribution is -0.119. The predicted molar refractivity (Wildman–Crippen MR) is 145 cm³/mol. The molecule has 0 fully saturated rings. The van der Waals surface area contributed by atoms with Gasteiger partial charge in [0.2, 0.25) is 5.91 Å². The number of fused-ring (bicyclic) bond motifs is 3. The van der Waals surface area contributed by atoms with Crippen LogP contribution in [0.2, 0.25) is 0 Å². The van der Waals surface area contributed by atoms with Gasteiger partial charge in [0.1, 0.15) is 11.6 Å². The maximum absolute atomic E-state index is 13.8. The van der Waals surface area contributed by atoms with Gasteiger partial charge in [-0.15, -0.1) is 0 Å². The summed E-state index contributed by atoms with van der Waals surface area (Å²) in [5, 5.41) is 6.32. The van der Waals surface area contributed by atoms with Crippen LogP contribution in [0.5, 0.6) is 0 Å². The molecule has 3 aromatic carbocycles. The number of halogens is 2. The van der Waals surface area contributed by atoms with Crippen LogP contribution in [0, 0.1) is 11.6 Å². The van der Waals surface area contributed by atoms with Crippen molar-refractivity contribution in [3.8, 4) is 11.1 Å². The van der Waals surface area contributed by atoms with Gasteiger partial charge in [-0.2, -0.15) is 12.6 Å². The standard InChI is InChI=1S/C30H34F2N2OS/c1-4-20(5-2)21-10-11-25-24-8-6-7-9-26(24)30(27(25)15-21)33-17-29(36)28(34-18(3)35)14-19-12-22(31)16-23(32)13-19/h6-13,15-16,20,28-30,33,36H,4-5,14,17H2,1-3H3,(H,34,35)/t28-,29+,30?/m0/s1. The maximum atomic E-state index is 13.8. The fourth-order valence-corrected chi connectivity index (χ4v) is 5.65. The van der Waals surface area contributed by atoms with Crippen LogP contribution in [0.15, 0.2) is 60.7 Å². The third-order valence-corrected chi connectivity index (χ3v) is 7.71. The molecular formula is C30H34F2N2OS. The number of hydrogen-bond acceptors (Lipinski definition) is 3. The van der Waals surface area contributed by atoms with Crippen molar-refractivity contribution in [2.75, 3.05) is 6.54 Å². The van der Waals surface area contributed by atoms with E-state index in [9.17, 15) is 13.6 Å². The maximum Gasteiger partial charge on any atom is 0.217 e. The molecule has 1 aliphatic carbocycles. The zero-order chi connectivity index (χ0) is 25.8. The van der Waals surface area contributed by atoms with Crippen molar-refractivity contribution in [1.29, 1.82) is 0 Å². The number of carbonyl (C=O) groups is 1. The van der Waals surface area contributed by atoms with Crippen LogP contribution in [-0.4, -0.2) is 23.7 Å². The molecule has 0 saturated carbocycles. The van der Waals surface area contributed by atoms with Gasteiger partial charge < -0.3 is 10.6 Å². The first-order valence-electron chi connectivity index (χ1n) is 12.7. The Balaban J connectivity index is 1.57. The summed E-state index contributed by atoms with van der Waals surface area (Å²) in [6, 6.07) is 18.3. The summed E-state index contributed by atoms with van der Waals surface area (Å²) in [5.74, 6) is -0.948. The second-order valence-corrected chi connectivity index (χ2v) is 10.3. The monoisotopic (exact) mass is 508 g/mol. The summed E-state index contributed by atoms with van der Waals surface area (Å²) < 4.78 is 27.5. The lowest BCUT2D eigenvalue weighted by atomic mass is 9.90. The Bertz CT molecular complexity index is 1210. The van der Waals surface area contributed by atoms with Gasteiger partial charge in [0.15, 0.2) is 0 Å². The molecule has 0 radical (unpaired) electrons. The molecule has 6 heteroatoms. The fourth-order valence-electron chi connectivity index (χ4n) is 5.37. The van der Waals surface area contributed by atoms with Gasteiger partial charge in [0, 0.05) is 30.8 Å². The van der Waals surface area contributed by atoms with E-state index in [1.807, 2.05) is 0 Å². The van der Waals surface area contributed by atoms with Crippen molar-refractivity contribution in [2.45, 2.75) is 63.3 Å². The van der Waals surface area contributed by atoms with E-state index in [2.05, 4.69) is 66.9 Å². The van der Waals surface area contributed by atoms with Crippen molar-refractivity contribution in [3.05, 3.63) is 94.6 Å². The number of thiol groups is 1. The number of amides is 1. The van der Waals surface area contributed by atoms with Gasteiger partial charge in [-0.25, -0.2) is 8.78 Å². The highest BCUT2D eigenvalue weighted by Crippen LogP contribution is 2.44. The smallest absolute Gasteiger partial charge is 0.217 e. The van der Waals surface area contributed by atoms with Crippen LogP contribution in [0.3, 0.4) is 0 Å². The van der Waals surface area contributed by atoms with Crippen molar-refractivity contribution in [2.24, 2.45) is 0 Å². The number of nitrogens with one attached hydrogen (secondary N) is 2. The summed E-state index contributed by atoms with van der Waals surface area (Å²) in [4.78, 5) is 11.9. The molecule has 1 unspecified atom stereocenters. The van der Waals surface area contributed by atoms with Gasteiger partial charge >= 0.3 is 0 Å². The van der Waals surface area contributed by atoms with Gasteiger partial charge in [-0.3, -0.25) is 4.79 Å². The Morgan fingerprint density at radius 1 is 0.944 bits per heavy atom. The third kappa shape index (κ3) is 5.81. The molecule has 3 atom stereocenters. The third-order valence-electron chi connectivity index (χ3n) is 7.17. The summed E-state index contributed by atoms with van der Waals surface area (Å²) in [6.45, 7) is 6.39. The predicted octanol–water partition coefficient (Wildman–Crippen LogP) is 6.57. The van der Waals surface area contributed by atoms with Crippen LogP contribution < -0.4 is 10.6 Å². The molecule has 0 heterocycles. The normalized spacial score (nSPS) is 15.9. The molecule has 2 N–H and O–H groups in total. The van der Waals surface area contributed by atoms with Crippen LogP contribution in [0.25, 0.3) is 11.1 Å². The zero-order valence-corrected chi connectivity index (χ0v) is 21.9. The first-order chi connectivity index (χ1) is 17.3. The number of hydrogen-bond donors (Lipinski definition) is 3. The van der Waals surface area contributed by atoms with E-state index >= 15 is 0 Å². The minimum absolute atomic E-state index is 0.00440. The second kappa shape index (κ2) is 11.6. The fraction of sp³-hybridized carbons (Fsp3) is 0.367. The van der Waals surface area contributed by atoms with E-state index in [-0.39, 0.29) is 23.6 Å². The first-order valence-corrected chi connectivity index (χ1v) is 13.2. The molecule has 1 amide bonds. The van der Waals surface area contributed by atoms with Crippen molar-refractivity contribution in [3.63, 3.8) is 0 Å². The van der Waals surface area contributed by atoms with Gasteiger partial charge in [-0.05, 0) is 70.7 Å². The molecule has 0 spiro atoms. The van der Waals surface area contributed by atoms with E-state index in [0.29, 0.717) is 18.0 Å². The minimum atomic E-state index is -0.632. The average molecular weight is 509 g/mol. The lowest BCUT2D eigenvalue weighted by Crippen LogP contribution is -2.46. The summed E-state index contributed by atoms with van der Waals surface area (Å²) >= 11 is 4.81. The number of rotatable bonds is 10. The van der Waals surface area contributed by atoms with E-state index in [4.69, 9.17) is 12.6 Å². The van der Waals surface area contributed by atoms with Crippen molar-refractivity contribution >= 4 is 18.5 Å². The topological polar surface area (TPSA) is 41.1 Å². The Morgan fingerprint density at radius 2 is 1.61 bits per heavy atom. The molecule has 190 valence electrons. The van der Waals surface area contributed by atoms with Crippen molar-refractivity contribution < 1.29 is 13.6 Å². The number of carbonyl (C=O) groups excluding carboxylic acids is 1. The van der Waals surface area contributed by atoms with Gasteiger partial charge in [0.05, 0.1) is 6.04 Å². The molecule has 0 aromatic heterocycles. The molecule has 0 aliphatic heterocycles. The summed E-state index contributed by atoms with van der Waals surface area (Å²) in [5.41, 5.74) is 6.77. The molecule has 3 nitrogen and oxygen atoms in total. The van der Waals surface area contributed by atoms with Crippen LogP contribution >= 0.6 is 12.6 Å². The summed E-state index contributed by atoms with van der Waals surface area (Å²) in [6.07, 6.45) is 2.47. The number of benzene rings is 3. The van der Waals surface area contributed by atoms with E-state index in [0.717, 1.165) is 18.9 Å². The largest absolute Gasteiger partial charge is 0.352 e. The minimum Gasteiger partial charge on any atom is -0.352 e. The molecule has 1 aliphatic rings. The van der Waals surface area contributed by atoms with E-state index in [1.54, 1.807) is 0 Å². The summed E-state index contributed by atoms with van der Waals surface area (Å²) in [7, 11) is 0. The molecule has 0 saturated heterocycles. The highest BCUT2D eigenvalue weighted by Gasteiger charge is 2.30. The van der Waals surface area contributed by atoms with Crippen LogP contribution in [-0.2, 0) is 11.2 Å². The van der Waals surface area contributed by atoms with E-state index < -0.39 is 17.7 Å². The Hall–Kier alpha value is -2.70. The second-order valence-electron chi connectivity index (χ2n) is 9.64. The molecular weight excluding hydrogens is 474 g/mol. The Kier molecular flexibility index (Phi) is 8.47. The lowest BCUT2D eigenvalue weighted by Gasteiger charge is -2.27. The SMILES string of the molecule is CCC(CC)c1ccc2c(c1)C(NC[C@@H](S)[C@H](Cc1cc(F)cc(F)c1)NC(C)=O)c1ccccc1-2. The van der Waals surface area contributed by atoms with Crippen LogP contribution in [0.4, 0.5) is 8.78 Å². The zero-order valence-electron chi connectivity index (χ0n) is 21.0. The first kappa shape index (κ1) is 26.4. The Labute approximate surface area is 218 Å². The van der Waals surface area contributed by atoms with Crippen LogP contribution in [0.1, 0.15) is 67.8 Å².